The summed E-state index contributed by atoms with van der Waals surface area (Å²) < 4.78 is 6.14. The Hall–Kier alpha value is -1.63. The fourth-order valence-electron chi connectivity index (χ4n) is 2.28. The lowest BCUT2D eigenvalue weighted by atomic mass is 10.2. The smallest absolute Gasteiger partial charge is 0.410 e. The van der Waals surface area contributed by atoms with Gasteiger partial charge in [-0.05, 0) is 55.6 Å². The van der Waals surface area contributed by atoms with Crippen LogP contribution in [-0.2, 0) is 9.53 Å². The van der Waals surface area contributed by atoms with Gasteiger partial charge < -0.3 is 10.1 Å². The van der Waals surface area contributed by atoms with Crippen LogP contribution in [0.25, 0.3) is 0 Å². The molecule has 1 aromatic heterocycles. The molecule has 1 aromatic rings. The molecule has 1 aliphatic heterocycles. The first-order chi connectivity index (χ1) is 10.3. The topological polar surface area (TPSA) is 71.5 Å². The summed E-state index contributed by atoms with van der Waals surface area (Å²) in [4.78, 5) is 30.1. The Labute approximate surface area is 138 Å². The molecule has 1 atom stereocenters. The first-order valence-electron chi connectivity index (χ1n) is 7.17. The highest BCUT2D eigenvalue weighted by Gasteiger charge is 2.36. The Morgan fingerprint density at radius 2 is 2.14 bits per heavy atom. The summed E-state index contributed by atoms with van der Waals surface area (Å²) in [6.45, 7) is 5.96. The molecule has 0 aromatic carbocycles. The van der Waals surface area contributed by atoms with Crippen LogP contribution in [0.3, 0.4) is 0 Å². The molecule has 1 saturated heterocycles. The van der Waals surface area contributed by atoms with E-state index in [1.807, 2.05) is 20.8 Å². The Kier molecular flexibility index (Phi) is 5.05. The lowest BCUT2D eigenvalue weighted by Crippen LogP contribution is -2.45. The summed E-state index contributed by atoms with van der Waals surface area (Å²) in [5, 5.41) is 2.79. The fourth-order valence-corrected chi connectivity index (χ4v) is 2.65. The number of ether oxygens (including phenoxy) is 1. The Balaban J connectivity index is 2.03. The molecule has 1 aliphatic rings. The van der Waals surface area contributed by atoms with Crippen LogP contribution in [0.4, 0.5) is 10.5 Å². The highest BCUT2D eigenvalue weighted by Crippen LogP contribution is 2.22. The first kappa shape index (κ1) is 16.7. The predicted octanol–water partition coefficient (Wildman–Crippen LogP) is 3.18. The van der Waals surface area contributed by atoms with Crippen LogP contribution in [0.5, 0.6) is 0 Å². The van der Waals surface area contributed by atoms with Crippen molar-refractivity contribution in [3.05, 3.63) is 22.9 Å². The van der Waals surface area contributed by atoms with E-state index in [1.165, 1.54) is 4.90 Å². The molecule has 0 radical (unpaired) electrons. The number of halogens is 1. The minimum atomic E-state index is -0.574. The average Bonchev–Trinajstić information content (AvgIpc) is 2.85. The van der Waals surface area contributed by atoms with Crippen molar-refractivity contribution in [1.82, 2.24) is 9.88 Å². The quantitative estimate of drug-likeness (QED) is 0.868. The molecule has 2 rings (SSSR count). The maximum atomic E-state index is 12.4. The van der Waals surface area contributed by atoms with E-state index in [1.54, 1.807) is 18.5 Å². The third kappa shape index (κ3) is 4.43. The van der Waals surface area contributed by atoms with Gasteiger partial charge in [0, 0.05) is 17.2 Å². The first-order valence-corrected chi connectivity index (χ1v) is 7.96. The van der Waals surface area contributed by atoms with Crippen LogP contribution in [-0.4, -0.2) is 40.1 Å². The molecule has 0 bridgehead atoms. The van der Waals surface area contributed by atoms with Crippen LogP contribution >= 0.6 is 15.9 Å². The lowest BCUT2D eigenvalue weighted by molar-refractivity contribution is -0.120. The predicted molar refractivity (Wildman–Crippen MR) is 86.5 cm³/mol. The van der Waals surface area contributed by atoms with Gasteiger partial charge in [-0.2, -0.15) is 0 Å². The normalized spacial score (nSPS) is 18.2. The molecule has 0 saturated carbocycles. The van der Waals surface area contributed by atoms with Crippen LogP contribution in [0.1, 0.15) is 33.6 Å². The summed E-state index contributed by atoms with van der Waals surface area (Å²) >= 11 is 3.31. The zero-order valence-corrected chi connectivity index (χ0v) is 14.5. The number of aromatic nitrogens is 1. The Morgan fingerprint density at radius 1 is 1.41 bits per heavy atom. The van der Waals surface area contributed by atoms with Crippen molar-refractivity contribution in [2.45, 2.75) is 45.3 Å². The van der Waals surface area contributed by atoms with Gasteiger partial charge in [0.1, 0.15) is 11.6 Å². The van der Waals surface area contributed by atoms with Crippen LogP contribution in [0.2, 0.25) is 0 Å². The molecule has 1 N–H and O–H groups in total. The summed E-state index contributed by atoms with van der Waals surface area (Å²) in [5.41, 5.74) is 0.0185. The Morgan fingerprint density at radius 3 is 2.77 bits per heavy atom. The minimum absolute atomic E-state index is 0.219. The number of nitrogens with zero attached hydrogens (tertiary/aromatic N) is 2. The number of pyridine rings is 1. The highest BCUT2D eigenvalue weighted by molar-refractivity contribution is 9.10. The number of nitrogens with one attached hydrogen (secondary N) is 1. The maximum absolute atomic E-state index is 12.4. The van der Waals surface area contributed by atoms with Crippen molar-refractivity contribution < 1.29 is 14.3 Å². The van der Waals surface area contributed by atoms with Crippen molar-refractivity contribution in [2.24, 2.45) is 0 Å². The fraction of sp³-hybridized carbons (Fsp3) is 0.533. The molecule has 1 fully saturated rings. The monoisotopic (exact) mass is 369 g/mol. The zero-order valence-electron chi connectivity index (χ0n) is 12.9. The summed E-state index contributed by atoms with van der Waals surface area (Å²) in [6.07, 6.45) is 4.17. The number of carbonyl (C=O) groups is 2. The molecule has 2 heterocycles. The molecule has 6 nitrogen and oxygen atoms in total. The molecule has 0 aliphatic carbocycles. The van der Waals surface area contributed by atoms with E-state index in [0.717, 1.165) is 10.9 Å². The van der Waals surface area contributed by atoms with E-state index in [0.29, 0.717) is 18.7 Å². The molecular weight excluding hydrogens is 350 g/mol. The van der Waals surface area contributed by atoms with Crippen molar-refractivity contribution in [1.29, 1.82) is 0 Å². The third-order valence-corrected chi connectivity index (χ3v) is 3.59. The second-order valence-corrected chi connectivity index (χ2v) is 7.13. The van der Waals surface area contributed by atoms with Crippen molar-refractivity contribution in [2.75, 3.05) is 11.9 Å². The summed E-state index contributed by atoms with van der Waals surface area (Å²) in [5.74, 6) is -0.219. The lowest BCUT2D eigenvalue weighted by Gasteiger charge is -2.28. The van der Waals surface area contributed by atoms with E-state index >= 15 is 0 Å². The highest BCUT2D eigenvalue weighted by atomic mass is 79.9. The van der Waals surface area contributed by atoms with Crippen LogP contribution < -0.4 is 5.32 Å². The van der Waals surface area contributed by atoms with Gasteiger partial charge in [0.15, 0.2) is 0 Å². The summed E-state index contributed by atoms with van der Waals surface area (Å²) in [6, 6.07) is 1.26. The van der Waals surface area contributed by atoms with E-state index in [-0.39, 0.29) is 5.91 Å². The van der Waals surface area contributed by atoms with Gasteiger partial charge in [0.2, 0.25) is 5.91 Å². The third-order valence-electron chi connectivity index (χ3n) is 3.16. The van der Waals surface area contributed by atoms with Gasteiger partial charge in [-0.3, -0.25) is 14.7 Å². The number of hydrogen-bond donors (Lipinski definition) is 1. The number of rotatable bonds is 2. The molecule has 2 amide bonds. The van der Waals surface area contributed by atoms with Crippen molar-refractivity contribution in [3.8, 4) is 0 Å². The van der Waals surface area contributed by atoms with Crippen LogP contribution in [0.15, 0.2) is 22.9 Å². The molecule has 0 unspecified atom stereocenters. The Bertz CT molecular complexity index is 571. The second kappa shape index (κ2) is 6.64. The average molecular weight is 370 g/mol. The standard InChI is InChI=1S/C15H20BrN3O3/c1-15(2,3)22-14(21)19-6-4-5-12(19)13(20)18-11-7-10(16)8-17-9-11/h7-9,12H,4-6H2,1-3H3,(H,18,20)/t12-/m0/s1. The number of anilines is 1. The zero-order chi connectivity index (χ0) is 16.3. The van der Waals surface area contributed by atoms with E-state index in [2.05, 4.69) is 26.2 Å². The number of amides is 2. The van der Waals surface area contributed by atoms with E-state index < -0.39 is 17.7 Å². The van der Waals surface area contributed by atoms with Gasteiger partial charge in [-0.1, -0.05) is 0 Å². The minimum Gasteiger partial charge on any atom is -0.444 e. The SMILES string of the molecule is CC(C)(C)OC(=O)N1CCC[C@H]1C(=O)Nc1cncc(Br)c1. The second-order valence-electron chi connectivity index (χ2n) is 6.21. The maximum Gasteiger partial charge on any atom is 0.410 e. The molecule has 0 spiro atoms. The van der Waals surface area contributed by atoms with Crippen molar-refractivity contribution in [3.63, 3.8) is 0 Å². The molecule has 120 valence electrons. The van der Waals surface area contributed by atoms with E-state index in [4.69, 9.17) is 4.74 Å². The molecule has 22 heavy (non-hydrogen) atoms. The van der Waals surface area contributed by atoms with Gasteiger partial charge >= 0.3 is 6.09 Å². The molecular formula is C15H20BrN3O3. The molecule has 7 heteroatoms. The van der Waals surface area contributed by atoms with Crippen LogP contribution in [0, 0.1) is 0 Å². The van der Waals surface area contributed by atoms with Gasteiger partial charge in [0.05, 0.1) is 11.9 Å². The summed E-state index contributed by atoms with van der Waals surface area (Å²) in [7, 11) is 0. The van der Waals surface area contributed by atoms with Gasteiger partial charge in [-0.15, -0.1) is 0 Å². The van der Waals surface area contributed by atoms with Gasteiger partial charge in [0.25, 0.3) is 0 Å². The number of likely N-dealkylation sites (tertiary alicyclic amines) is 1. The van der Waals surface area contributed by atoms with E-state index in [9.17, 15) is 9.59 Å². The number of carbonyl (C=O) groups excluding carboxylic acids is 2. The number of hydrogen-bond acceptors (Lipinski definition) is 4. The largest absolute Gasteiger partial charge is 0.444 e. The van der Waals surface area contributed by atoms with Crippen molar-refractivity contribution >= 4 is 33.6 Å². The van der Waals surface area contributed by atoms with Gasteiger partial charge in [-0.25, -0.2) is 4.79 Å².